The average molecular weight is 350 g/mol. The van der Waals surface area contributed by atoms with Crippen LogP contribution in [0.3, 0.4) is 0 Å². The minimum atomic E-state index is -0.477. The van der Waals surface area contributed by atoms with Crippen molar-refractivity contribution in [3.05, 3.63) is 52.5 Å². The van der Waals surface area contributed by atoms with E-state index in [0.29, 0.717) is 5.22 Å². The van der Waals surface area contributed by atoms with Crippen LogP contribution in [-0.4, -0.2) is 10.1 Å². The van der Waals surface area contributed by atoms with Crippen LogP contribution in [0.2, 0.25) is 0 Å². The number of nitrogens with zero attached hydrogens (tertiary/aromatic N) is 1. The van der Waals surface area contributed by atoms with Gasteiger partial charge in [-0.2, -0.15) is 0 Å². The largest absolute Gasteiger partial charge is 0.431 e. The van der Waals surface area contributed by atoms with Crippen molar-refractivity contribution in [1.82, 2.24) is 4.98 Å². The Morgan fingerprint density at radius 1 is 1.25 bits per heavy atom. The van der Waals surface area contributed by atoms with E-state index in [0.717, 1.165) is 26.0 Å². The summed E-state index contributed by atoms with van der Waals surface area (Å²) in [6.45, 7) is 1.75. The van der Waals surface area contributed by atoms with Gasteiger partial charge in [-0.15, -0.1) is 0 Å². The van der Waals surface area contributed by atoms with Gasteiger partial charge in [0.25, 0.3) is 5.22 Å². The molecule has 0 saturated carbocycles. The number of benzene rings is 2. The maximum atomic E-state index is 9.57. The Bertz CT molecular complexity index is 721. The molecule has 1 heterocycles. The summed E-state index contributed by atoms with van der Waals surface area (Å²) < 4.78 is 6.61. The summed E-state index contributed by atoms with van der Waals surface area (Å²) in [5.41, 5.74) is 2.51. The van der Waals surface area contributed by atoms with Crippen molar-refractivity contribution in [3.8, 4) is 0 Å². The number of fused-ring (bicyclic) bond motifs is 1. The Morgan fingerprint density at radius 2 is 2.05 bits per heavy atom. The summed E-state index contributed by atoms with van der Waals surface area (Å²) in [7, 11) is 0. The molecule has 0 aliphatic heterocycles. The highest BCUT2D eigenvalue weighted by Gasteiger charge is 2.11. The predicted octanol–water partition coefficient (Wildman–Crippen LogP) is 4.79. The zero-order valence-electron chi connectivity index (χ0n) is 10.7. The number of rotatable bonds is 3. The fourth-order valence-corrected chi connectivity index (χ4v) is 3.24. The molecule has 3 rings (SSSR count). The van der Waals surface area contributed by atoms with E-state index in [4.69, 9.17) is 4.42 Å². The molecule has 5 heteroatoms. The van der Waals surface area contributed by atoms with Gasteiger partial charge in [-0.1, -0.05) is 18.2 Å². The van der Waals surface area contributed by atoms with Gasteiger partial charge in [-0.25, -0.2) is 4.98 Å². The van der Waals surface area contributed by atoms with E-state index in [1.54, 1.807) is 6.92 Å². The Hall–Kier alpha value is -1.30. The van der Waals surface area contributed by atoms with E-state index in [1.807, 2.05) is 42.5 Å². The number of aromatic nitrogens is 1. The molecule has 20 heavy (non-hydrogen) atoms. The number of aliphatic hydroxyl groups is 1. The molecule has 0 unspecified atom stereocenters. The number of halogens is 1. The molecule has 1 atom stereocenters. The van der Waals surface area contributed by atoms with Crippen LogP contribution in [0.25, 0.3) is 11.1 Å². The summed E-state index contributed by atoms with van der Waals surface area (Å²) >= 11 is 4.97. The summed E-state index contributed by atoms with van der Waals surface area (Å²) in [6, 6.07) is 13.5. The topological polar surface area (TPSA) is 46.3 Å². The summed E-state index contributed by atoms with van der Waals surface area (Å²) in [5, 5.41) is 10.2. The van der Waals surface area contributed by atoms with Crippen LogP contribution in [-0.2, 0) is 0 Å². The molecule has 3 aromatic rings. The number of hydrogen-bond donors (Lipinski definition) is 1. The fraction of sp³-hybridized carbons (Fsp3) is 0.133. The monoisotopic (exact) mass is 349 g/mol. The van der Waals surface area contributed by atoms with Crippen LogP contribution in [0.15, 0.2) is 61.5 Å². The third kappa shape index (κ3) is 2.75. The zero-order valence-corrected chi connectivity index (χ0v) is 13.1. The number of hydrogen-bond acceptors (Lipinski definition) is 4. The van der Waals surface area contributed by atoms with E-state index < -0.39 is 6.10 Å². The minimum Gasteiger partial charge on any atom is -0.431 e. The molecule has 1 N–H and O–H groups in total. The molecule has 0 bridgehead atoms. The SMILES string of the molecule is C[C@@H](O)c1ccc(Sc2nc3ccccc3o2)c(Br)c1. The lowest BCUT2D eigenvalue weighted by Gasteiger charge is -2.07. The van der Waals surface area contributed by atoms with Gasteiger partial charge in [0.1, 0.15) is 5.52 Å². The molecule has 0 spiro atoms. The maximum Gasteiger partial charge on any atom is 0.261 e. The third-order valence-electron chi connectivity index (χ3n) is 2.91. The Balaban J connectivity index is 1.90. The van der Waals surface area contributed by atoms with Crippen LogP contribution < -0.4 is 0 Å². The zero-order chi connectivity index (χ0) is 14.1. The van der Waals surface area contributed by atoms with Gasteiger partial charge in [0, 0.05) is 9.37 Å². The molecule has 0 fully saturated rings. The van der Waals surface area contributed by atoms with Crippen LogP contribution in [0.1, 0.15) is 18.6 Å². The molecule has 0 aliphatic carbocycles. The van der Waals surface area contributed by atoms with Crippen LogP contribution in [0, 0.1) is 0 Å². The summed E-state index contributed by atoms with van der Waals surface area (Å²) in [6.07, 6.45) is -0.477. The van der Waals surface area contributed by atoms with E-state index in [2.05, 4.69) is 20.9 Å². The molecule has 0 radical (unpaired) electrons. The average Bonchev–Trinajstić information content (AvgIpc) is 2.83. The Kier molecular flexibility index (Phi) is 3.83. The predicted molar refractivity (Wildman–Crippen MR) is 82.9 cm³/mol. The molecule has 3 nitrogen and oxygen atoms in total. The van der Waals surface area contributed by atoms with Crippen LogP contribution in [0.4, 0.5) is 0 Å². The quantitative estimate of drug-likeness (QED) is 0.737. The Morgan fingerprint density at radius 3 is 2.75 bits per heavy atom. The molecule has 102 valence electrons. The highest BCUT2D eigenvalue weighted by Crippen LogP contribution is 2.35. The second-order valence-electron chi connectivity index (χ2n) is 4.42. The van der Waals surface area contributed by atoms with Gasteiger partial charge in [-0.05, 0) is 64.4 Å². The van der Waals surface area contributed by atoms with Gasteiger partial charge < -0.3 is 9.52 Å². The first-order valence-electron chi connectivity index (χ1n) is 6.14. The van der Waals surface area contributed by atoms with Gasteiger partial charge in [0.05, 0.1) is 6.10 Å². The molecule has 1 aromatic heterocycles. The smallest absolute Gasteiger partial charge is 0.261 e. The maximum absolute atomic E-state index is 9.57. The second-order valence-corrected chi connectivity index (χ2v) is 6.26. The van der Waals surface area contributed by atoms with Crippen LogP contribution in [0.5, 0.6) is 0 Å². The second kappa shape index (κ2) is 5.60. The van der Waals surface area contributed by atoms with Crippen molar-refractivity contribution in [2.75, 3.05) is 0 Å². The standard InChI is InChI=1S/C15H12BrNO2S/c1-9(18)10-6-7-14(11(16)8-10)20-15-17-12-4-2-3-5-13(12)19-15/h2-9,18H,1H3/t9-/m1/s1. The third-order valence-corrected chi connectivity index (χ3v) is 4.75. The molecule has 0 aliphatic rings. The van der Waals surface area contributed by atoms with E-state index in [1.165, 1.54) is 11.8 Å². The molecular formula is C15H12BrNO2S. The molecular weight excluding hydrogens is 338 g/mol. The number of para-hydroxylation sites is 2. The lowest BCUT2D eigenvalue weighted by Crippen LogP contribution is -1.90. The minimum absolute atomic E-state index is 0.477. The highest BCUT2D eigenvalue weighted by molar-refractivity contribution is 9.10. The van der Waals surface area contributed by atoms with Gasteiger partial charge >= 0.3 is 0 Å². The normalized spacial score (nSPS) is 12.8. The lowest BCUT2D eigenvalue weighted by atomic mass is 10.1. The molecule has 2 aromatic carbocycles. The Labute approximate surface area is 129 Å². The van der Waals surface area contributed by atoms with Crippen molar-refractivity contribution in [3.63, 3.8) is 0 Å². The van der Waals surface area contributed by atoms with E-state index >= 15 is 0 Å². The number of oxazole rings is 1. The summed E-state index contributed by atoms with van der Waals surface area (Å²) in [4.78, 5) is 5.43. The van der Waals surface area contributed by atoms with Crippen LogP contribution >= 0.6 is 27.7 Å². The first-order chi connectivity index (χ1) is 9.63. The van der Waals surface area contributed by atoms with Crippen molar-refractivity contribution in [2.45, 2.75) is 23.1 Å². The van der Waals surface area contributed by atoms with Gasteiger partial charge in [-0.3, -0.25) is 0 Å². The van der Waals surface area contributed by atoms with Gasteiger partial charge in [0.2, 0.25) is 0 Å². The first-order valence-corrected chi connectivity index (χ1v) is 7.75. The molecule has 0 saturated heterocycles. The van der Waals surface area contributed by atoms with Crippen molar-refractivity contribution in [2.24, 2.45) is 0 Å². The fourth-order valence-electron chi connectivity index (χ4n) is 1.85. The van der Waals surface area contributed by atoms with Crippen molar-refractivity contribution >= 4 is 38.8 Å². The summed E-state index contributed by atoms with van der Waals surface area (Å²) in [5.74, 6) is 0. The highest BCUT2D eigenvalue weighted by atomic mass is 79.9. The van der Waals surface area contributed by atoms with E-state index in [-0.39, 0.29) is 0 Å². The molecule has 0 amide bonds. The van der Waals surface area contributed by atoms with E-state index in [9.17, 15) is 5.11 Å². The van der Waals surface area contributed by atoms with Gasteiger partial charge in [0.15, 0.2) is 5.58 Å². The van der Waals surface area contributed by atoms with Crippen molar-refractivity contribution < 1.29 is 9.52 Å². The lowest BCUT2D eigenvalue weighted by molar-refractivity contribution is 0.199. The first kappa shape index (κ1) is 13.7. The van der Waals surface area contributed by atoms with Crippen molar-refractivity contribution in [1.29, 1.82) is 0 Å². The number of aliphatic hydroxyl groups excluding tert-OH is 1.